The summed E-state index contributed by atoms with van der Waals surface area (Å²) in [6, 6.07) is 14.1. The number of rotatable bonds is 6. The van der Waals surface area contributed by atoms with Gasteiger partial charge in [-0.2, -0.15) is 0 Å². The number of benzene rings is 2. The van der Waals surface area contributed by atoms with Crippen LogP contribution in [-0.2, 0) is 11.2 Å². The van der Waals surface area contributed by atoms with E-state index in [1.165, 1.54) is 11.1 Å². The minimum absolute atomic E-state index is 0.0277. The van der Waals surface area contributed by atoms with E-state index in [9.17, 15) is 4.79 Å². The van der Waals surface area contributed by atoms with Gasteiger partial charge in [0, 0.05) is 0 Å². The van der Waals surface area contributed by atoms with Crippen LogP contribution in [0.3, 0.4) is 0 Å². The van der Waals surface area contributed by atoms with Crippen LogP contribution in [0.25, 0.3) is 0 Å². The number of aryl methyl sites for hydroxylation is 2. The molecule has 1 N–H and O–H groups in total. The molecule has 2 aromatic carbocycles. The molecule has 0 saturated carbocycles. The highest BCUT2D eigenvalue weighted by Gasteiger charge is 2.13. The number of nitrogens with one attached hydrogen (secondary N) is 1. The van der Waals surface area contributed by atoms with Gasteiger partial charge in [-0.3, -0.25) is 4.79 Å². The van der Waals surface area contributed by atoms with Gasteiger partial charge in [-0.05, 0) is 54.7 Å². The molecule has 0 unspecified atom stereocenters. The quantitative estimate of drug-likeness (QED) is 0.871. The van der Waals surface area contributed by atoms with E-state index in [-0.39, 0.29) is 11.9 Å². The molecule has 2 aromatic rings. The fourth-order valence-corrected chi connectivity index (χ4v) is 2.60. The van der Waals surface area contributed by atoms with Crippen molar-refractivity contribution in [3.05, 3.63) is 64.7 Å². The maximum atomic E-state index is 12.3. The van der Waals surface area contributed by atoms with E-state index >= 15 is 0 Å². The molecule has 0 radical (unpaired) electrons. The third kappa shape index (κ3) is 4.59. The van der Waals surface area contributed by atoms with Crippen LogP contribution in [0.5, 0.6) is 5.75 Å². The SMILES string of the molecule is CC[C@H](NC(=O)Cc1ccc(C)c(C)c1)c1ccc(OC)cc1. The maximum absolute atomic E-state index is 12.3. The van der Waals surface area contributed by atoms with Crippen LogP contribution in [-0.4, -0.2) is 13.0 Å². The first-order chi connectivity index (χ1) is 11.0. The van der Waals surface area contributed by atoms with Crippen molar-refractivity contribution in [3.63, 3.8) is 0 Å². The Hall–Kier alpha value is -2.29. The molecule has 2 rings (SSSR count). The van der Waals surface area contributed by atoms with Crippen molar-refractivity contribution < 1.29 is 9.53 Å². The van der Waals surface area contributed by atoms with Crippen LogP contribution in [0.15, 0.2) is 42.5 Å². The molecule has 0 fully saturated rings. The zero-order valence-electron chi connectivity index (χ0n) is 14.3. The molecule has 3 nitrogen and oxygen atoms in total. The highest BCUT2D eigenvalue weighted by atomic mass is 16.5. The second-order valence-corrected chi connectivity index (χ2v) is 5.90. The standard InChI is InChI=1S/C20H25NO2/c1-5-19(17-8-10-18(23-4)11-9-17)21-20(22)13-16-7-6-14(2)15(3)12-16/h6-12,19H,5,13H2,1-4H3,(H,21,22)/t19-/m0/s1. The molecular weight excluding hydrogens is 286 g/mol. The predicted octanol–water partition coefficient (Wildman–Crippen LogP) is 4.12. The first-order valence-corrected chi connectivity index (χ1v) is 8.03. The minimum Gasteiger partial charge on any atom is -0.497 e. The summed E-state index contributed by atoms with van der Waals surface area (Å²) in [6.45, 7) is 6.23. The Bertz CT molecular complexity index is 662. The van der Waals surface area contributed by atoms with Gasteiger partial charge in [-0.25, -0.2) is 0 Å². The van der Waals surface area contributed by atoms with E-state index in [1.54, 1.807) is 7.11 Å². The summed E-state index contributed by atoms with van der Waals surface area (Å²) < 4.78 is 5.18. The maximum Gasteiger partial charge on any atom is 0.224 e. The molecule has 0 heterocycles. The topological polar surface area (TPSA) is 38.3 Å². The van der Waals surface area contributed by atoms with Gasteiger partial charge in [-0.15, -0.1) is 0 Å². The van der Waals surface area contributed by atoms with Crippen molar-refractivity contribution in [2.45, 2.75) is 39.7 Å². The molecule has 1 atom stereocenters. The lowest BCUT2D eigenvalue weighted by Crippen LogP contribution is -2.29. The van der Waals surface area contributed by atoms with Crippen molar-refractivity contribution in [3.8, 4) is 5.75 Å². The molecule has 0 aliphatic heterocycles. The van der Waals surface area contributed by atoms with Crippen molar-refractivity contribution in [1.82, 2.24) is 5.32 Å². The van der Waals surface area contributed by atoms with Gasteiger partial charge in [0.05, 0.1) is 19.6 Å². The average molecular weight is 311 g/mol. The molecular formula is C20H25NO2. The number of carbonyl (C=O) groups excluding carboxylic acids is 1. The Morgan fingerprint density at radius 1 is 1.09 bits per heavy atom. The van der Waals surface area contributed by atoms with Crippen LogP contribution in [0.2, 0.25) is 0 Å². The summed E-state index contributed by atoms with van der Waals surface area (Å²) in [6.07, 6.45) is 1.26. The molecule has 0 spiro atoms. The van der Waals surface area contributed by atoms with Gasteiger partial charge in [0.1, 0.15) is 5.75 Å². The number of carbonyl (C=O) groups is 1. The molecule has 0 saturated heterocycles. The van der Waals surface area contributed by atoms with Crippen molar-refractivity contribution in [2.24, 2.45) is 0 Å². The lowest BCUT2D eigenvalue weighted by Gasteiger charge is -2.18. The van der Waals surface area contributed by atoms with E-state index in [1.807, 2.05) is 30.3 Å². The summed E-state index contributed by atoms with van der Waals surface area (Å²) >= 11 is 0. The van der Waals surface area contributed by atoms with Gasteiger partial charge in [0.25, 0.3) is 0 Å². The fourth-order valence-electron chi connectivity index (χ4n) is 2.60. The highest BCUT2D eigenvalue weighted by molar-refractivity contribution is 5.79. The van der Waals surface area contributed by atoms with Gasteiger partial charge in [-0.1, -0.05) is 37.3 Å². The number of amides is 1. The summed E-state index contributed by atoms with van der Waals surface area (Å²) in [5.74, 6) is 0.876. The highest BCUT2D eigenvalue weighted by Crippen LogP contribution is 2.20. The summed E-state index contributed by atoms with van der Waals surface area (Å²) in [7, 11) is 1.65. The zero-order chi connectivity index (χ0) is 16.8. The van der Waals surface area contributed by atoms with Crippen LogP contribution < -0.4 is 10.1 Å². The summed E-state index contributed by atoms with van der Waals surface area (Å²) in [5.41, 5.74) is 4.62. The van der Waals surface area contributed by atoms with E-state index < -0.39 is 0 Å². The minimum atomic E-state index is 0.0277. The molecule has 3 heteroatoms. The summed E-state index contributed by atoms with van der Waals surface area (Å²) in [5, 5.41) is 3.12. The normalized spacial score (nSPS) is 11.8. The number of hydrogen-bond acceptors (Lipinski definition) is 2. The molecule has 1 amide bonds. The van der Waals surface area contributed by atoms with E-state index in [0.717, 1.165) is 23.3 Å². The number of hydrogen-bond donors (Lipinski definition) is 1. The first kappa shape index (κ1) is 17.1. The second-order valence-electron chi connectivity index (χ2n) is 5.90. The van der Waals surface area contributed by atoms with E-state index in [2.05, 4.69) is 38.2 Å². The largest absolute Gasteiger partial charge is 0.497 e. The van der Waals surface area contributed by atoms with Crippen molar-refractivity contribution >= 4 is 5.91 Å². The Morgan fingerprint density at radius 3 is 2.35 bits per heavy atom. The summed E-state index contributed by atoms with van der Waals surface area (Å²) in [4.78, 5) is 12.3. The van der Waals surface area contributed by atoms with E-state index in [0.29, 0.717) is 6.42 Å². The number of ether oxygens (including phenoxy) is 1. The average Bonchev–Trinajstić information content (AvgIpc) is 2.56. The molecule has 0 aliphatic rings. The second kappa shape index (κ2) is 7.82. The molecule has 0 aromatic heterocycles. The molecule has 0 bridgehead atoms. The lowest BCUT2D eigenvalue weighted by atomic mass is 10.0. The van der Waals surface area contributed by atoms with Crippen LogP contribution in [0, 0.1) is 13.8 Å². The van der Waals surface area contributed by atoms with Gasteiger partial charge < -0.3 is 10.1 Å². The Balaban J connectivity index is 2.02. The Labute approximate surface area is 138 Å². The molecule has 0 aliphatic carbocycles. The van der Waals surface area contributed by atoms with Gasteiger partial charge in [0.2, 0.25) is 5.91 Å². The monoisotopic (exact) mass is 311 g/mol. The zero-order valence-corrected chi connectivity index (χ0v) is 14.3. The number of methoxy groups -OCH3 is 1. The fraction of sp³-hybridized carbons (Fsp3) is 0.350. The van der Waals surface area contributed by atoms with Crippen molar-refractivity contribution in [2.75, 3.05) is 7.11 Å². The lowest BCUT2D eigenvalue weighted by molar-refractivity contribution is -0.121. The molecule has 122 valence electrons. The first-order valence-electron chi connectivity index (χ1n) is 8.03. The third-order valence-corrected chi connectivity index (χ3v) is 4.20. The van der Waals surface area contributed by atoms with Crippen LogP contribution in [0.1, 0.15) is 41.6 Å². The van der Waals surface area contributed by atoms with Gasteiger partial charge >= 0.3 is 0 Å². The Morgan fingerprint density at radius 2 is 1.78 bits per heavy atom. The smallest absolute Gasteiger partial charge is 0.224 e. The van der Waals surface area contributed by atoms with Crippen LogP contribution >= 0.6 is 0 Å². The van der Waals surface area contributed by atoms with E-state index in [4.69, 9.17) is 4.74 Å². The van der Waals surface area contributed by atoms with Gasteiger partial charge in [0.15, 0.2) is 0 Å². The predicted molar refractivity (Wildman–Crippen MR) is 93.8 cm³/mol. The Kier molecular flexibility index (Phi) is 5.80. The van der Waals surface area contributed by atoms with Crippen LogP contribution in [0.4, 0.5) is 0 Å². The van der Waals surface area contributed by atoms with Crippen molar-refractivity contribution in [1.29, 1.82) is 0 Å². The third-order valence-electron chi connectivity index (χ3n) is 4.20. The molecule has 23 heavy (non-hydrogen) atoms.